The van der Waals surface area contributed by atoms with Gasteiger partial charge in [-0.15, -0.1) is 0 Å². The van der Waals surface area contributed by atoms with Crippen LogP contribution in [0.4, 0.5) is 5.82 Å². The van der Waals surface area contributed by atoms with Gasteiger partial charge in [-0.1, -0.05) is 48.5 Å². The van der Waals surface area contributed by atoms with Crippen LogP contribution in [0.3, 0.4) is 0 Å². The Morgan fingerprint density at radius 1 is 0.864 bits per heavy atom. The maximum Gasteiger partial charge on any atom is 0.255 e. The number of piperazine rings is 1. The van der Waals surface area contributed by atoms with Gasteiger partial charge in [-0.05, 0) is 42.4 Å². The zero-order valence-corrected chi connectivity index (χ0v) is 25.8. The third-order valence-corrected chi connectivity index (χ3v) is 8.67. The number of hydrogen-bond acceptors (Lipinski definition) is 8. The van der Waals surface area contributed by atoms with Gasteiger partial charge in [0, 0.05) is 76.4 Å². The van der Waals surface area contributed by atoms with Crippen molar-refractivity contribution < 1.29 is 9.53 Å². The number of likely N-dealkylation sites (N-methyl/N-ethyl adjacent to an activating group) is 2. The molecule has 0 unspecified atom stereocenters. The summed E-state index contributed by atoms with van der Waals surface area (Å²) in [6.45, 7) is 7.41. The number of amides is 1. The van der Waals surface area contributed by atoms with E-state index in [4.69, 9.17) is 10.5 Å². The Labute approximate surface area is 259 Å². The van der Waals surface area contributed by atoms with Gasteiger partial charge < -0.3 is 25.6 Å². The summed E-state index contributed by atoms with van der Waals surface area (Å²) in [6, 6.07) is 19.1. The Kier molecular flexibility index (Phi) is 9.04. The summed E-state index contributed by atoms with van der Waals surface area (Å²) in [5.41, 5.74) is 13.0. The lowest BCUT2D eigenvalue weighted by molar-refractivity contribution is 0.0323. The second-order valence-electron chi connectivity index (χ2n) is 12.2. The van der Waals surface area contributed by atoms with E-state index in [1.165, 1.54) is 16.7 Å². The number of carbonyl (C=O) groups is 1. The molecular weight excluding hydrogens is 552 g/mol. The molecule has 3 N–H and O–H groups in total. The number of carbonyl (C=O) groups excluding carboxylic acids is 1. The van der Waals surface area contributed by atoms with Gasteiger partial charge in [0.05, 0.1) is 30.5 Å². The highest BCUT2D eigenvalue weighted by molar-refractivity contribution is 5.99. The largest absolute Gasteiger partial charge is 0.383 e. The fourth-order valence-corrected chi connectivity index (χ4v) is 5.96. The van der Waals surface area contributed by atoms with Gasteiger partial charge in [-0.3, -0.25) is 14.4 Å². The van der Waals surface area contributed by atoms with Gasteiger partial charge in [0.25, 0.3) is 5.91 Å². The van der Waals surface area contributed by atoms with Crippen LogP contribution >= 0.6 is 0 Å². The van der Waals surface area contributed by atoms with Crippen molar-refractivity contribution in [3.8, 4) is 22.3 Å². The first-order valence-electron chi connectivity index (χ1n) is 15.3. The highest BCUT2D eigenvalue weighted by Gasteiger charge is 2.33. The minimum absolute atomic E-state index is 0.146. The predicted molar refractivity (Wildman–Crippen MR) is 173 cm³/mol. The fourth-order valence-electron chi connectivity index (χ4n) is 5.96. The number of ether oxygens (including phenoxy) is 1. The first-order valence-corrected chi connectivity index (χ1v) is 15.3. The van der Waals surface area contributed by atoms with Gasteiger partial charge >= 0.3 is 0 Å². The lowest BCUT2D eigenvalue weighted by Gasteiger charge is -2.32. The van der Waals surface area contributed by atoms with Crippen molar-refractivity contribution >= 4 is 11.7 Å². The molecule has 44 heavy (non-hydrogen) atoms. The fraction of sp³-hybridized carbons (Fsp3) is 0.382. The molecule has 2 atom stereocenters. The van der Waals surface area contributed by atoms with Crippen LogP contribution < -0.4 is 11.1 Å². The smallest absolute Gasteiger partial charge is 0.255 e. The topological polar surface area (TPSA) is 105 Å². The first-order chi connectivity index (χ1) is 21.3. The van der Waals surface area contributed by atoms with Crippen molar-refractivity contribution in [2.24, 2.45) is 7.05 Å². The summed E-state index contributed by atoms with van der Waals surface area (Å²) >= 11 is 0. The van der Waals surface area contributed by atoms with Gasteiger partial charge in [0.1, 0.15) is 5.82 Å². The Morgan fingerprint density at radius 3 is 2.20 bits per heavy atom. The molecule has 0 spiro atoms. The molecule has 6 rings (SSSR count). The van der Waals surface area contributed by atoms with Crippen LogP contribution in [-0.2, 0) is 24.9 Å². The normalized spacial score (nSPS) is 19.8. The monoisotopic (exact) mass is 594 g/mol. The van der Waals surface area contributed by atoms with E-state index in [-0.39, 0.29) is 23.9 Å². The molecule has 2 aliphatic heterocycles. The molecule has 4 aromatic rings. The minimum Gasteiger partial charge on any atom is -0.383 e. The van der Waals surface area contributed by atoms with E-state index >= 15 is 0 Å². The second-order valence-corrected chi connectivity index (χ2v) is 12.2. The zero-order chi connectivity index (χ0) is 30.6. The molecule has 2 saturated heterocycles. The molecule has 2 fully saturated rings. The number of nitrogens with zero attached hydrogens (tertiary/aromatic N) is 6. The maximum absolute atomic E-state index is 13.3. The number of likely N-dealkylation sites (tertiary alicyclic amines) is 1. The number of pyridine rings is 1. The predicted octanol–water partition coefficient (Wildman–Crippen LogP) is 3.11. The summed E-state index contributed by atoms with van der Waals surface area (Å²) in [4.78, 5) is 24.7. The molecule has 0 saturated carbocycles. The number of aromatic nitrogens is 3. The van der Waals surface area contributed by atoms with E-state index in [9.17, 15) is 4.79 Å². The van der Waals surface area contributed by atoms with Crippen LogP contribution in [0, 0.1) is 0 Å². The molecule has 1 amide bonds. The Bertz CT molecular complexity index is 1560. The molecule has 2 aromatic heterocycles. The molecule has 0 radical (unpaired) electrons. The zero-order valence-electron chi connectivity index (χ0n) is 25.8. The van der Waals surface area contributed by atoms with Crippen LogP contribution in [0.25, 0.3) is 22.3 Å². The van der Waals surface area contributed by atoms with Crippen molar-refractivity contribution in [1.82, 2.24) is 34.8 Å². The summed E-state index contributed by atoms with van der Waals surface area (Å²) in [7, 11) is 6.07. The number of aryl methyl sites for hydroxylation is 1. The van der Waals surface area contributed by atoms with Crippen molar-refractivity contribution in [1.29, 1.82) is 0 Å². The summed E-state index contributed by atoms with van der Waals surface area (Å²) in [6.07, 6.45) is 5.13. The van der Waals surface area contributed by atoms with Crippen molar-refractivity contribution in [3.63, 3.8) is 0 Å². The van der Waals surface area contributed by atoms with Crippen molar-refractivity contribution in [3.05, 3.63) is 89.9 Å². The number of nitrogens with two attached hydrogens (primary N) is 1. The lowest BCUT2D eigenvalue weighted by atomic mass is 10.0. The molecule has 0 bridgehead atoms. The first kappa shape index (κ1) is 30.0. The second kappa shape index (κ2) is 13.3. The number of nitrogens with one attached hydrogen (secondary N) is 1. The van der Waals surface area contributed by atoms with E-state index in [1.54, 1.807) is 23.1 Å². The number of benzene rings is 2. The van der Waals surface area contributed by atoms with Crippen molar-refractivity contribution in [2.45, 2.75) is 25.3 Å². The van der Waals surface area contributed by atoms with Crippen LogP contribution in [-0.4, -0.2) is 101 Å². The number of rotatable bonds is 9. The third kappa shape index (κ3) is 7.16. The highest BCUT2D eigenvalue weighted by Crippen LogP contribution is 2.24. The SMILES string of the molecule is CN1CCN(Cc2ccc(-c3ccc(CO[C@H]4CN(C)C[C@@H]4NC(=O)c4cc(-c5cnn(C)c5)cnc4N)cc3)cc2)CC1. The third-order valence-electron chi connectivity index (χ3n) is 8.67. The molecular formula is C34H42N8O2. The Hall–Kier alpha value is -4.09. The van der Waals surface area contributed by atoms with E-state index in [2.05, 4.69) is 85.7 Å². The van der Waals surface area contributed by atoms with E-state index in [1.807, 2.05) is 20.3 Å². The minimum atomic E-state index is -0.256. The summed E-state index contributed by atoms with van der Waals surface area (Å²) < 4.78 is 8.06. The maximum atomic E-state index is 13.3. The number of nitrogen functional groups attached to an aromatic ring is 1. The van der Waals surface area contributed by atoms with Gasteiger partial charge in [0.2, 0.25) is 0 Å². The quantitative estimate of drug-likeness (QED) is 0.305. The van der Waals surface area contributed by atoms with E-state index in [0.29, 0.717) is 18.7 Å². The van der Waals surface area contributed by atoms with Crippen LogP contribution in [0.15, 0.2) is 73.2 Å². The van der Waals surface area contributed by atoms with Crippen molar-refractivity contribution in [2.75, 3.05) is 59.1 Å². The van der Waals surface area contributed by atoms with E-state index in [0.717, 1.165) is 56.0 Å². The van der Waals surface area contributed by atoms with Crippen LogP contribution in [0.5, 0.6) is 0 Å². The lowest BCUT2D eigenvalue weighted by Crippen LogP contribution is -2.44. The van der Waals surface area contributed by atoms with Gasteiger partial charge in [-0.25, -0.2) is 4.98 Å². The highest BCUT2D eigenvalue weighted by atomic mass is 16.5. The molecule has 10 heteroatoms. The molecule has 2 aromatic carbocycles. The molecule has 230 valence electrons. The summed E-state index contributed by atoms with van der Waals surface area (Å²) in [5, 5.41) is 7.36. The molecule has 2 aliphatic rings. The Balaban J connectivity index is 1.04. The molecule has 0 aliphatic carbocycles. The summed E-state index contributed by atoms with van der Waals surface area (Å²) in [5.74, 6) is -0.0581. The average Bonchev–Trinajstić information content (AvgIpc) is 3.62. The standard InChI is InChI=1S/C34H42N8O2/c1-39-12-14-42(15-13-39)19-24-4-8-26(9-5-24)27-10-6-25(7-11-27)23-44-32-22-40(2)21-31(32)38-34(43)30-16-28(17-36-33(30)35)29-18-37-41(3)20-29/h4-11,16-18,20,31-32H,12-15,19,21-23H2,1-3H3,(H2,35,36)(H,38,43)/t31-,32-/m0/s1. The molecule has 10 nitrogen and oxygen atoms in total. The number of hydrogen-bond donors (Lipinski definition) is 2. The average molecular weight is 595 g/mol. The van der Waals surface area contributed by atoms with Gasteiger partial charge in [0.15, 0.2) is 0 Å². The Morgan fingerprint density at radius 2 is 1.55 bits per heavy atom. The molecule has 4 heterocycles. The van der Waals surface area contributed by atoms with Crippen LogP contribution in [0.1, 0.15) is 21.5 Å². The van der Waals surface area contributed by atoms with E-state index < -0.39 is 0 Å². The van der Waals surface area contributed by atoms with Crippen LogP contribution in [0.2, 0.25) is 0 Å². The van der Waals surface area contributed by atoms with Gasteiger partial charge in [-0.2, -0.15) is 5.10 Å². The number of anilines is 1.